The molecule has 0 amide bonds. The highest BCUT2D eigenvalue weighted by Gasteiger charge is 2.09. The maximum Gasteiger partial charge on any atom is 0.137 e. The van der Waals surface area contributed by atoms with Crippen LogP contribution in [0.1, 0.15) is 6.92 Å². The number of nitrogens with zero attached hydrogens (tertiary/aromatic N) is 2. The molecule has 1 unspecified atom stereocenters. The standard InChI is InChI=1S/C11H13ClN2S/c1-8(12)7-14(2)11-9-4-6-15-10(9)3-5-13-11/h3-6,8H,7H2,1-2H3. The first-order valence-electron chi connectivity index (χ1n) is 4.86. The van der Waals surface area contributed by atoms with Gasteiger partial charge < -0.3 is 4.90 Å². The SMILES string of the molecule is CC(Cl)CN(C)c1nccc2sccc12. The average Bonchev–Trinajstić information content (AvgIpc) is 2.63. The second kappa shape index (κ2) is 4.37. The number of fused-ring (bicyclic) bond motifs is 1. The summed E-state index contributed by atoms with van der Waals surface area (Å²) in [4.78, 5) is 6.51. The molecule has 2 aromatic rings. The van der Waals surface area contributed by atoms with Gasteiger partial charge in [-0.3, -0.25) is 0 Å². The van der Waals surface area contributed by atoms with Crippen LogP contribution in [0.5, 0.6) is 0 Å². The van der Waals surface area contributed by atoms with Gasteiger partial charge in [-0.25, -0.2) is 4.98 Å². The van der Waals surface area contributed by atoms with E-state index in [1.54, 1.807) is 11.3 Å². The second-order valence-electron chi connectivity index (χ2n) is 3.63. The molecule has 2 heterocycles. The van der Waals surface area contributed by atoms with Gasteiger partial charge in [-0.15, -0.1) is 22.9 Å². The Morgan fingerprint density at radius 2 is 2.33 bits per heavy atom. The maximum absolute atomic E-state index is 5.98. The van der Waals surface area contributed by atoms with Gasteiger partial charge in [-0.1, -0.05) is 0 Å². The van der Waals surface area contributed by atoms with E-state index in [9.17, 15) is 0 Å². The molecule has 4 heteroatoms. The molecule has 0 spiro atoms. The van der Waals surface area contributed by atoms with Crippen LogP contribution in [0, 0.1) is 0 Å². The van der Waals surface area contributed by atoms with Crippen molar-refractivity contribution in [3.8, 4) is 0 Å². The molecule has 0 saturated carbocycles. The van der Waals surface area contributed by atoms with Crippen LogP contribution < -0.4 is 4.90 Å². The summed E-state index contributed by atoms with van der Waals surface area (Å²) in [6.45, 7) is 2.80. The zero-order chi connectivity index (χ0) is 10.8. The lowest BCUT2D eigenvalue weighted by atomic mass is 10.3. The van der Waals surface area contributed by atoms with Gasteiger partial charge in [0.15, 0.2) is 0 Å². The molecular formula is C11H13ClN2S. The third-order valence-corrected chi connectivity index (χ3v) is 3.27. The molecule has 1 atom stereocenters. The van der Waals surface area contributed by atoms with Crippen molar-refractivity contribution in [2.45, 2.75) is 12.3 Å². The molecule has 0 aliphatic carbocycles. The number of thiophene rings is 1. The molecule has 2 aromatic heterocycles. The Kier molecular flexibility index (Phi) is 3.12. The Morgan fingerprint density at radius 1 is 1.53 bits per heavy atom. The molecule has 15 heavy (non-hydrogen) atoms. The largest absolute Gasteiger partial charge is 0.358 e. The number of alkyl halides is 1. The monoisotopic (exact) mass is 240 g/mol. The Balaban J connectivity index is 2.38. The molecular weight excluding hydrogens is 228 g/mol. The highest BCUT2D eigenvalue weighted by Crippen LogP contribution is 2.27. The van der Waals surface area contributed by atoms with Crippen molar-refractivity contribution in [3.05, 3.63) is 23.7 Å². The summed E-state index contributed by atoms with van der Waals surface area (Å²) < 4.78 is 1.27. The van der Waals surface area contributed by atoms with E-state index < -0.39 is 0 Å². The summed E-state index contributed by atoms with van der Waals surface area (Å²) in [7, 11) is 2.03. The Labute approximate surface area is 98.5 Å². The number of hydrogen-bond acceptors (Lipinski definition) is 3. The quantitative estimate of drug-likeness (QED) is 0.765. The van der Waals surface area contributed by atoms with Crippen LogP contribution in [0.2, 0.25) is 0 Å². The summed E-state index contributed by atoms with van der Waals surface area (Å²) in [6, 6.07) is 4.15. The van der Waals surface area contributed by atoms with Crippen molar-refractivity contribution in [2.75, 3.05) is 18.5 Å². The normalized spacial score (nSPS) is 13.0. The predicted octanol–water partition coefficient (Wildman–Crippen LogP) is 3.36. The minimum absolute atomic E-state index is 0.130. The van der Waals surface area contributed by atoms with Crippen LogP contribution in [-0.4, -0.2) is 24.0 Å². The van der Waals surface area contributed by atoms with Gasteiger partial charge in [0.05, 0.1) is 0 Å². The number of halogens is 1. The van der Waals surface area contributed by atoms with Crippen molar-refractivity contribution in [1.82, 2.24) is 4.98 Å². The van der Waals surface area contributed by atoms with Gasteiger partial charge in [0.1, 0.15) is 5.82 Å². The fourth-order valence-corrected chi connectivity index (χ4v) is 2.63. The van der Waals surface area contributed by atoms with E-state index in [2.05, 4.69) is 21.3 Å². The molecule has 0 aliphatic heterocycles. The smallest absolute Gasteiger partial charge is 0.137 e. The van der Waals surface area contributed by atoms with Crippen LogP contribution in [0.4, 0.5) is 5.82 Å². The van der Waals surface area contributed by atoms with Crippen molar-refractivity contribution >= 4 is 38.8 Å². The van der Waals surface area contributed by atoms with Crippen LogP contribution in [-0.2, 0) is 0 Å². The summed E-state index contributed by atoms with van der Waals surface area (Å²) in [6.07, 6.45) is 1.85. The minimum atomic E-state index is 0.130. The first-order valence-corrected chi connectivity index (χ1v) is 6.17. The van der Waals surface area contributed by atoms with E-state index in [0.29, 0.717) is 0 Å². The number of rotatable bonds is 3. The first kappa shape index (κ1) is 10.7. The highest BCUT2D eigenvalue weighted by atomic mass is 35.5. The third-order valence-electron chi connectivity index (χ3n) is 2.25. The number of pyridine rings is 1. The van der Waals surface area contributed by atoms with Gasteiger partial charge in [0.25, 0.3) is 0 Å². The van der Waals surface area contributed by atoms with Crippen molar-refractivity contribution in [1.29, 1.82) is 0 Å². The Morgan fingerprint density at radius 3 is 3.07 bits per heavy atom. The first-order chi connectivity index (χ1) is 7.18. The van der Waals surface area contributed by atoms with Gasteiger partial charge in [0, 0.05) is 35.3 Å². The molecule has 0 radical (unpaired) electrons. The summed E-state index contributed by atoms with van der Waals surface area (Å²) >= 11 is 7.72. The van der Waals surface area contributed by atoms with Crippen molar-refractivity contribution < 1.29 is 0 Å². The van der Waals surface area contributed by atoms with E-state index in [0.717, 1.165) is 12.4 Å². The van der Waals surface area contributed by atoms with Crippen LogP contribution in [0.15, 0.2) is 23.7 Å². The van der Waals surface area contributed by atoms with Gasteiger partial charge in [0.2, 0.25) is 0 Å². The summed E-state index contributed by atoms with van der Waals surface area (Å²) in [5, 5.41) is 3.43. The van der Waals surface area contributed by atoms with Crippen molar-refractivity contribution in [3.63, 3.8) is 0 Å². The number of anilines is 1. The van der Waals surface area contributed by atoms with E-state index in [-0.39, 0.29) is 5.38 Å². The second-order valence-corrected chi connectivity index (χ2v) is 5.32. The Hall–Kier alpha value is -0.800. The molecule has 2 rings (SSSR count). The zero-order valence-electron chi connectivity index (χ0n) is 8.77. The Bertz CT molecular complexity index is 453. The molecule has 0 bridgehead atoms. The minimum Gasteiger partial charge on any atom is -0.358 e. The molecule has 0 aliphatic rings. The van der Waals surface area contributed by atoms with Gasteiger partial charge in [-0.2, -0.15) is 0 Å². The van der Waals surface area contributed by atoms with Crippen LogP contribution >= 0.6 is 22.9 Å². The molecule has 0 saturated heterocycles. The summed E-state index contributed by atoms with van der Waals surface area (Å²) in [5.41, 5.74) is 0. The summed E-state index contributed by atoms with van der Waals surface area (Å²) in [5.74, 6) is 1.02. The number of hydrogen-bond donors (Lipinski definition) is 0. The van der Waals surface area contributed by atoms with E-state index in [1.165, 1.54) is 10.1 Å². The third kappa shape index (κ3) is 2.24. The fraction of sp³-hybridized carbons (Fsp3) is 0.364. The molecule has 0 N–H and O–H groups in total. The van der Waals surface area contributed by atoms with Gasteiger partial charge >= 0.3 is 0 Å². The van der Waals surface area contributed by atoms with E-state index in [1.807, 2.05) is 26.2 Å². The highest BCUT2D eigenvalue weighted by molar-refractivity contribution is 7.17. The predicted molar refractivity (Wildman–Crippen MR) is 68.2 cm³/mol. The lowest BCUT2D eigenvalue weighted by Crippen LogP contribution is -2.25. The molecule has 0 fully saturated rings. The fourth-order valence-electron chi connectivity index (χ4n) is 1.65. The molecule has 0 aromatic carbocycles. The topological polar surface area (TPSA) is 16.1 Å². The lowest BCUT2D eigenvalue weighted by molar-refractivity contribution is 0.849. The zero-order valence-corrected chi connectivity index (χ0v) is 10.3. The van der Waals surface area contributed by atoms with Crippen LogP contribution in [0.3, 0.4) is 0 Å². The average molecular weight is 241 g/mol. The van der Waals surface area contributed by atoms with Gasteiger partial charge in [-0.05, 0) is 24.4 Å². The lowest BCUT2D eigenvalue weighted by Gasteiger charge is -2.20. The van der Waals surface area contributed by atoms with E-state index in [4.69, 9.17) is 11.6 Å². The van der Waals surface area contributed by atoms with E-state index >= 15 is 0 Å². The molecule has 80 valence electrons. The van der Waals surface area contributed by atoms with Crippen molar-refractivity contribution in [2.24, 2.45) is 0 Å². The number of aromatic nitrogens is 1. The maximum atomic E-state index is 5.98. The van der Waals surface area contributed by atoms with Crippen LogP contribution in [0.25, 0.3) is 10.1 Å². The molecule has 2 nitrogen and oxygen atoms in total.